The molecule has 0 aromatic carbocycles. The van der Waals surface area contributed by atoms with Gasteiger partial charge < -0.3 is 9.32 Å². The van der Waals surface area contributed by atoms with Crippen LogP contribution < -0.4 is 0 Å². The summed E-state index contributed by atoms with van der Waals surface area (Å²) in [5.41, 5.74) is 4.54. The minimum absolute atomic E-state index is 0.170. The lowest BCUT2D eigenvalue weighted by atomic mass is 9.95. The van der Waals surface area contributed by atoms with Crippen molar-refractivity contribution < 1.29 is 9.21 Å². The van der Waals surface area contributed by atoms with Crippen LogP contribution in [0.5, 0.6) is 0 Å². The van der Waals surface area contributed by atoms with Crippen molar-refractivity contribution in [1.29, 1.82) is 0 Å². The van der Waals surface area contributed by atoms with Gasteiger partial charge in [0.2, 0.25) is 11.6 Å². The van der Waals surface area contributed by atoms with Gasteiger partial charge in [-0.3, -0.25) is 4.79 Å². The molecule has 1 saturated heterocycles. The highest BCUT2D eigenvalue weighted by Crippen LogP contribution is 2.34. The molecule has 1 fully saturated rings. The molecule has 2 aliphatic rings. The van der Waals surface area contributed by atoms with Crippen LogP contribution in [0.2, 0.25) is 0 Å². The normalized spacial score (nSPS) is 17.2. The van der Waals surface area contributed by atoms with E-state index in [2.05, 4.69) is 16.0 Å². The first-order chi connectivity index (χ1) is 12.8. The molecule has 6 nitrogen and oxygen atoms in total. The predicted molar refractivity (Wildman–Crippen MR) is 100 cm³/mol. The first-order valence-electron chi connectivity index (χ1n) is 9.26. The molecule has 0 radical (unpaired) electrons. The van der Waals surface area contributed by atoms with Gasteiger partial charge in [-0.15, -0.1) is 0 Å². The number of carbonyl (C=O) groups excluding carboxylic acids is 1. The maximum absolute atomic E-state index is 12.3. The topological polar surface area (TPSA) is 72.1 Å². The van der Waals surface area contributed by atoms with E-state index in [1.54, 1.807) is 6.33 Å². The summed E-state index contributed by atoms with van der Waals surface area (Å²) in [5.74, 6) is 0.552. The van der Waals surface area contributed by atoms with Gasteiger partial charge in [0.15, 0.2) is 5.58 Å². The monoisotopic (exact) mass is 368 g/mol. The number of rotatable bonds is 3. The molecule has 0 unspecified atom stereocenters. The van der Waals surface area contributed by atoms with E-state index in [-0.39, 0.29) is 5.91 Å². The lowest BCUT2D eigenvalue weighted by molar-refractivity contribution is -0.127. The average molecular weight is 368 g/mol. The largest absolute Gasteiger partial charge is 0.433 e. The Morgan fingerprint density at radius 1 is 1.15 bits per heavy atom. The summed E-state index contributed by atoms with van der Waals surface area (Å²) in [6.45, 7) is 1.75. The predicted octanol–water partition coefficient (Wildman–Crippen LogP) is 3.36. The highest BCUT2D eigenvalue weighted by molar-refractivity contribution is 8.00. The number of pyridine rings is 1. The third-order valence-electron chi connectivity index (χ3n) is 5.28. The molecule has 3 aromatic heterocycles. The molecule has 7 heteroatoms. The van der Waals surface area contributed by atoms with Crippen molar-refractivity contribution in [3.63, 3.8) is 0 Å². The maximum Gasteiger partial charge on any atom is 0.232 e. The molecule has 26 heavy (non-hydrogen) atoms. The number of furan rings is 1. The molecule has 134 valence electrons. The first kappa shape index (κ1) is 16.1. The van der Waals surface area contributed by atoms with E-state index in [0.717, 1.165) is 60.4 Å². The van der Waals surface area contributed by atoms with E-state index < -0.39 is 0 Å². The number of aromatic nitrogens is 3. The van der Waals surface area contributed by atoms with E-state index in [1.807, 2.05) is 4.90 Å². The maximum atomic E-state index is 12.3. The molecule has 3 aromatic rings. The van der Waals surface area contributed by atoms with Gasteiger partial charge in [0.05, 0.1) is 11.1 Å². The zero-order valence-corrected chi connectivity index (χ0v) is 15.3. The van der Waals surface area contributed by atoms with Gasteiger partial charge >= 0.3 is 0 Å². The summed E-state index contributed by atoms with van der Waals surface area (Å²) in [7, 11) is 0. The summed E-state index contributed by atoms with van der Waals surface area (Å²) in [6.07, 6.45) is 8.25. The lowest BCUT2D eigenvalue weighted by Gasteiger charge is -2.14. The molecule has 0 saturated carbocycles. The fourth-order valence-corrected chi connectivity index (χ4v) is 4.72. The van der Waals surface area contributed by atoms with Crippen molar-refractivity contribution in [3.8, 4) is 0 Å². The zero-order valence-electron chi connectivity index (χ0n) is 14.5. The van der Waals surface area contributed by atoms with Gasteiger partial charge in [0, 0.05) is 18.8 Å². The highest BCUT2D eigenvalue weighted by Gasteiger charge is 2.21. The van der Waals surface area contributed by atoms with Gasteiger partial charge in [0.25, 0.3) is 0 Å². The molecular formula is C19H20N4O2S. The van der Waals surface area contributed by atoms with Crippen LogP contribution in [0.15, 0.2) is 21.8 Å². The SMILES string of the molecule is O=C(CSc1ncnc2c1oc1nc3c(cc12)CCCC3)N1CCCC1. The van der Waals surface area contributed by atoms with Crippen molar-refractivity contribution in [1.82, 2.24) is 19.9 Å². The summed E-state index contributed by atoms with van der Waals surface area (Å²) in [4.78, 5) is 27.8. The van der Waals surface area contributed by atoms with Gasteiger partial charge in [-0.2, -0.15) is 0 Å². The third-order valence-corrected chi connectivity index (χ3v) is 6.24. The van der Waals surface area contributed by atoms with Crippen LogP contribution in [-0.2, 0) is 17.6 Å². The first-order valence-corrected chi connectivity index (χ1v) is 10.2. The molecule has 1 aliphatic carbocycles. The van der Waals surface area contributed by atoms with Crippen molar-refractivity contribution in [2.75, 3.05) is 18.8 Å². The van der Waals surface area contributed by atoms with Crippen LogP contribution in [0.3, 0.4) is 0 Å². The Hall–Kier alpha value is -2.15. The smallest absolute Gasteiger partial charge is 0.232 e. The third kappa shape index (κ3) is 2.74. The molecule has 1 amide bonds. The van der Waals surface area contributed by atoms with Crippen molar-refractivity contribution in [2.45, 2.75) is 43.6 Å². The van der Waals surface area contributed by atoms with Gasteiger partial charge in [0.1, 0.15) is 16.9 Å². The van der Waals surface area contributed by atoms with Crippen LogP contribution in [0.25, 0.3) is 22.2 Å². The minimum Gasteiger partial charge on any atom is -0.433 e. The number of fused-ring (bicyclic) bond motifs is 4. The van der Waals surface area contributed by atoms with Crippen molar-refractivity contribution in [3.05, 3.63) is 23.7 Å². The molecular weight excluding hydrogens is 348 g/mol. The fourth-order valence-electron chi connectivity index (χ4n) is 3.89. The van der Waals surface area contributed by atoms with Crippen molar-refractivity contribution in [2.24, 2.45) is 0 Å². The fraction of sp³-hybridized carbons (Fsp3) is 0.474. The zero-order chi connectivity index (χ0) is 17.5. The molecule has 0 bridgehead atoms. The summed E-state index contributed by atoms with van der Waals surface area (Å²) in [5, 5.41) is 1.68. The number of aryl methyl sites for hydroxylation is 2. The number of carbonyl (C=O) groups is 1. The summed E-state index contributed by atoms with van der Waals surface area (Å²) < 4.78 is 6.03. The van der Waals surface area contributed by atoms with Crippen molar-refractivity contribution >= 4 is 39.9 Å². The second-order valence-corrected chi connectivity index (χ2v) is 7.95. The van der Waals surface area contributed by atoms with Crippen LogP contribution in [0.1, 0.15) is 36.9 Å². The number of hydrogen-bond donors (Lipinski definition) is 0. The van der Waals surface area contributed by atoms with Crippen LogP contribution in [-0.4, -0.2) is 44.6 Å². The Bertz CT molecular complexity index is 994. The second kappa shape index (κ2) is 6.54. The number of hydrogen-bond acceptors (Lipinski definition) is 6. The van der Waals surface area contributed by atoms with Gasteiger partial charge in [-0.25, -0.2) is 15.0 Å². The number of nitrogens with zero attached hydrogens (tertiary/aromatic N) is 4. The molecule has 0 spiro atoms. The van der Waals surface area contributed by atoms with Crippen LogP contribution in [0, 0.1) is 0 Å². The van der Waals surface area contributed by atoms with Crippen LogP contribution >= 0.6 is 11.8 Å². The standard InChI is InChI=1S/C19H20N4O2S/c24-15(23-7-3-4-8-23)10-26-19-17-16(20-11-21-19)13-9-12-5-1-2-6-14(12)22-18(13)25-17/h9,11H,1-8,10H2. The molecule has 5 rings (SSSR count). The molecule has 0 N–H and O–H groups in total. The van der Waals surface area contributed by atoms with E-state index in [1.165, 1.54) is 30.2 Å². The summed E-state index contributed by atoms with van der Waals surface area (Å²) >= 11 is 1.43. The number of amides is 1. The highest BCUT2D eigenvalue weighted by atomic mass is 32.2. The van der Waals surface area contributed by atoms with E-state index in [9.17, 15) is 4.79 Å². The Morgan fingerprint density at radius 2 is 2.00 bits per heavy atom. The second-order valence-electron chi connectivity index (χ2n) is 6.99. The number of likely N-dealkylation sites (tertiary alicyclic amines) is 1. The summed E-state index contributed by atoms with van der Waals surface area (Å²) in [6, 6.07) is 2.18. The molecule has 4 heterocycles. The van der Waals surface area contributed by atoms with E-state index in [4.69, 9.17) is 9.40 Å². The van der Waals surface area contributed by atoms with E-state index >= 15 is 0 Å². The van der Waals surface area contributed by atoms with Gasteiger partial charge in [-0.05, 0) is 50.2 Å². The average Bonchev–Trinajstić information content (AvgIpc) is 3.32. The molecule has 1 aliphatic heterocycles. The van der Waals surface area contributed by atoms with Gasteiger partial charge in [-0.1, -0.05) is 11.8 Å². The Morgan fingerprint density at radius 3 is 2.88 bits per heavy atom. The Kier molecular flexibility index (Phi) is 4.04. The quantitative estimate of drug-likeness (QED) is 0.521. The van der Waals surface area contributed by atoms with Crippen LogP contribution in [0.4, 0.5) is 0 Å². The Labute approximate surface area is 155 Å². The molecule has 0 atom stereocenters. The Balaban J connectivity index is 1.49. The lowest BCUT2D eigenvalue weighted by Crippen LogP contribution is -2.29. The minimum atomic E-state index is 0.170. The van der Waals surface area contributed by atoms with E-state index in [0.29, 0.717) is 17.0 Å². The number of thioether (sulfide) groups is 1.